The van der Waals surface area contributed by atoms with Crippen LogP contribution in [-0.2, 0) is 14.3 Å². The van der Waals surface area contributed by atoms with Crippen LogP contribution in [0.5, 0.6) is 5.75 Å². The summed E-state index contributed by atoms with van der Waals surface area (Å²) >= 11 is 0. The molecule has 1 N–H and O–H groups in total. The van der Waals surface area contributed by atoms with E-state index in [1.54, 1.807) is 37.3 Å². The number of esters is 1. The van der Waals surface area contributed by atoms with Crippen LogP contribution < -0.4 is 10.1 Å². The number of amides is 1. The number of anilines is 1. The summed E-state index contributed by atoms with van der Waals surface area (Å²) in [7, 11) is 0. The van der Waals surface area contributed by atoms with Crippen LogP contribution >= 0.6 is 0 Å². The van der Waals surface area contributed by atoms with Crippen LogP contribution in [0.4, 0.5) is 11.4 Å². The number of rotatable bonds is 8. The Kier molecular flexibility index (Phi) is 7.05. The molecule has 2 aromatic rings. The van der Waals surface area contributed by atoms with E-state index in [-0.39, 0.29) is 16.9 Å². The third-order valence-corrected chi connectivity index (χ3v) is 3.61. The Bertz CT molecular complexity index is 908. The van der Waals surface area contributed by atoms with Gasteiger partial charge < -0.3 is 14.8 Å². The maximum Gasteiger partial charge on any atom is 0.347 e. The number of non-ortho nitro benzene ring substituents is 1. The second-order valence-corrected chi connectivity index (χ2v) is 5.58. The first-order chi connectivity index (χ1) is 13.4. The van der Waals surface area contributed by atoms with Gasteiger partial charge in [-0.15, -0.1) is 0 Å². The molecule has 0 aromatic heterocycles. The van der Waals surface area contributed by atoms with Crippen LogP contribution in [0.3, 0.4) is 0 Å². The van der Waals surface area contributed by atoms with Gasteiger partial charge in [0.2, 0.25) is 0 Å². The molecule has 0 aliphatic rings. The molecular weight excluding hydrogens is 366 g/mol. The summed E-state index contributed by atoms with van der Waals surface area (Å²) in [6.45, 7) is 1.15. The van der Waals surface area contributed by atoms with Crippen LogP contribution in [0, 0.1) is 21.4 Å². The maximum atomic E-state index is 12.1. The molecule has 0 fully saturated rings. The van der Waals surface area contributed by atoms with Gasteiger partial charge in [-0.25, -0.2) is 4.79 Å². The number of nitriles is 1. The number of nitro benzene ring substituents is 1. The number of hydrogen-bond donors (Lipinski definition) is 1. The zero-order valence-corrected chi connectivity index (χ0v) is 15.0. The average molecular weight is 383 g/mol. The zero-order valence-electron chi connectivity index (χ0n) is 15.0. The van der Waals surface area contributed by atoms with Gasteiger partial charge in [0.1, 0.15) is 11.8 Å². The van der Waals surface area contributed by atoms with Crippen molar-refractivity contribution in [1.82, 2.24) is 0 Å². The summed E-state index contributed by atoms with van der Waals surface area (Å²) < 4.78 is 10.5. The molecule has 28 heavy (non-hydrogen) atoms. The van der Waals surface area contributed by atoms with Gasteiger partial charge in [-0.3, -0.25) is 14.9 Å². The summed E-state index contributed by atoms with van der Waals surface area (Å²) in [5.41, 5.74) is -0.265. The van der Waals surface area contributed by atoms with Crippen molar-refractivity contribution in [3.63, 3.8) is 0 Å². The summed E-state index contributed by atoms with van der Waals surface area (Å²) in [6.07, 6.45) is -0.528. The van der Waals surface area contributed by atoms with E-state index in [0.29, 0.717) is 12.2 Å². The van der Waals surface area contributed by atoms with Gasteiger partial charge in [-0.2, -0.15) is 5.26 Å². The van der Waals surface area contributed by atoms with Gasteiger partial charge in [-0.05, 0) is 24.6 Å². The Balaban J connectivity index is 1.93. The lowest BCUT2D eigenvalue weighted by Crippen LogP contribution is -2.31. The molecular formula is C19H17N3O6. The topological polar surface area (TPSA) is 132 Å². The van der Waals surface area contributed by atoms with Crippen molar-refractivity contribution in [1.29, 1.82) is 5.26 Å². The number of hydrogen-bond acceptors (Lipinski definition) is 7. The molecule has 0 heterocycles. The van der Waals surface area contributed by atoms with E-state index in [1.165, 1.54) is 6.07 Å². The highest BCUT2D eigenvalue weighted by molar-refractivity contribution is 5.94. The molecule has 0 bridgehead atoms. The molecule has 1 atom stereocenters. The second kappa shape index (κ2) is 9.68. The number of carbonyl (C=O) groups excluding carboxylic acids is 2. The standard InChI is InChI=1S/C19H17N3O6/c1-2-17(28-15-6-4-3-5-7-15)19(24)27-12-18(23)21-16-9-8-14(22(25)26)10-13(16)11-20/h3-10,17H,2,12H2,1H3,(H,21,23)/t17-/m1/s1. The fourth-order valence-electron chi connectivity index (χ4n) is 2.22. The Morgan fingerprint density at radius 3 is 2.57 bits per heavy atom. The monoisotopic (exact) mass is 383 g/mol. The third-order valence-electron chi connectivity index (χ3n) is 3.61. The lowest BCUT2D eigenvalue weighted by Gasteiger charge is -2.16. The van der Waals surface area contributed by atoms with Gasteiger partial charge in [0.25, 0.3) is 11.6 Å². The molecule has 0 saturated carbocycles. The fourth-order valence-corrected chi connectivity index (χ4v) is 2.22. The van der Waals surface area contributed by atoms with E-state index >= 15 is 0 Å². The lowest BCUT2D eigenvalue weighted by molar-refractivity contribution is -0.384. The van der Waals surface area contributed by atoms with E-state index in [4.69, 9.17) is 14.7 Å². The SMILES string of the molecule is CC[C@@H](Oc1ccccc1)C(=O)OCC(=O)Nc1ccc([N+](=O)[O-])cc1C#N. The van der Waals surface area contributed by atoms with Crippen LogP contribution in [0.15, 0.2) is 48.5 Å². The number of para-hydroxylation sites is 1. The average Bonchev–Trinajstić information content (AvgIpc) is 2.71. The molecule has 144 valence electrons. The van der Waals surface area contributed by atoms with Crippen LogP contribution in [0.25, 0.3) is 0 Å². The molecule has 2 rings (SSSR count). The maximum absolute atomic E-state index is 12.1. The Labute approximate surface area is 160 Å². The number of carbonyl (C=O) groups is 2. The van der Waals surface area contributed by atoms with Crippen molar-refractivity contribution in [2.75, 3.05) is 11.9 Å². The molecule has 9 nitrogen and oxygen atoms in total. The third kappa shape index (κ3) is 5.54. The minimum atomic E-state index is -0.871. The Hall–Kier alpha value is -3.93. The highest BCUT2D eigenvalue weighted by Crippen LogP contribution is 2.21. The van der Waals surface area contributed by atoms with E-state index in [2.05, 4.69) is 5.32 Å². The number of nitrogens with one attached hydrogen (secondary N) is 1. The van der Waals surface area contributed by atoms with E-state index in [0.717, 1.165) is 12.1 Å². The Morgan fingerprint density at radius 1 is 1.25 bits per heavy atom. The Morgan fingerprint density at radius 2 is 1.96 bits per heavy atom. The van der Waals surface area contributed by atoms with Gasteiger partial charge in [0.15, 0.2) is 12.7 Å². The van der Waals surface area contributed by atoms with Crippen molar-refractivity contribution in [2.45, 2.75) is 19.4 Å². The fraction of sp³-hybridized carbons (Fsp3) is 0.211. The largest absolute Gasteiger partial charge is 0.479 e. The number of ether oxygens (including phenoxy) is 2. The highest BCUT2D eigenvalue weighted by atomic mass is 16.6. The predicted octanol–water partition coefficient (Wildman–Crippen LogP) is 2.81. The van der Waals surface area contributed by atoms with Gasteiger partial charge in [0, 0.05) is 12.1 Å². The first kappa shape index (κ1) is 20.4. The van der Waals surface area contributed by atoms with Crippen molar-refractivity contribution in [2.24, 2.45) is 0 Å². The molecule has 1 amide bonds. The van der Waals surface area contributed by atoms with Crippen LogP contribution in [0.1, 0.15) is 18.9 Å². The molecule has 0 saturated heterocycles. The molecule has 0 unspecified atom stereocenters. The normalized spacial score (nSPS) is 11.0. The summed E-state index contributed by atoms with van der Waals surface area (Å²) in [5, 5.41) is 22.2. The van der Waals surface area contributed by atoms with Crippen molar-refractivity contribution >= 4 is 23.3 Å². The molecule has 9 heteroatoms. The van der Waals surface area contributed by atoms with Gasteiger partial charge in [0.05, 0.1) is 16.2 Å². The first-order valence-corrected chi connectivity index (χ1v) is 8.31. The summed E-state index contributed by atoms with van der Waals surface area (Å²) in [4.78, 5) is 34.2. The minimum Gasteiger partial charge on any atom is -0.479 e. The van der Waals surface area contributed by atoms with E-state index in [1.807, 2.05) is 6.07 Å². The van der Waals surface area contributed by atoms with Crippen molar-refractivity contribution in [3.8, 4) is 11.8 Å². The minimum absolute atomic E-state index is 0.0762. The van der Waals surface area contributed by atoms with Crippen LogP contribution in [0.2, 0.25) is 0 Å². The molecule has 0 aliphatic carbocycles. The number of nitrogens with zero attached hydrogens (tertiary/aromatic N) is 2. The first-order valence-electron chi connectivity index (χ1n) is 8.31. The summed E-state index contributed by atoms with van der Waals surface area (Å²) in [6, 6.07) is 13.9. The van der Waals surface area contributed by atoms with Crippen LogP contribution in [-0.4, -0.2) is 29.5 Å². The smallest absolute Gasteiger partial charge is 0.347 e. The van der Waals surface area contributed by atoms with Gasteiger partial charge in [-0.1, -0.05) is 25.1 Å². The van der Waals surface area contributed by atoms with Crippen molar-refractivity contribution < 1.29 is 24.0 Å². The molecule has 2 aromatic carbocycles. The second-order valence-electron chi connectivity index (χ2n) is 5.58. The van der Waals surface area contributed by atoms with Crippen molar-refractivity contribution in [3.05, 3.63) is 64.2 Å². The van der Waals surface area contributed by atoms with E-state index < -0.39 is 29.5 Å². The zero-order chi connectivity index (χ0) is 20.5. The molecule has 0 spiro atoms. The quantitative estimate of drug-likeness (QED) is 0.421. The summed E-state index contributed by atoms with van der Waals surface area (Å²) in [5.74, 6) is -0.890. The lowest BCUT2D eigenvalue weighted by atomic mass is 10.1. The highest BCUT2D eigenvalue weighted by Gasteiger charge is 2.21. The van der Waals surface area contributed by atoms with Gasteiger partial charge >= 0.3 is 5.97 Å². The molecule has 0 aliphatic heterocycles. The number of nitro groups is 1. The predicted molar refractivity (Wildman–Crippen MR) is 98.5 cm³/mol. The number of benzene rings is 2. The van der Waals surface area contributed by atoms with E-state index in [9.17, 15) is 19.7 Å². The molecule has 0 radical (unpaired) electrons.